The molecule has 0 aliphatic rings. The summed E-state index contributed by atoms with van der Waals surface area (Å²) in [6.07, 6.45) is 3.72. The lowest BCUT2D eigenvalue weighted by molar-refractivity contribution is 1.14. The van der Waals surface area contributed by atoms with Gasteiger partial charge in [-0.3, -0.25) is 4.79 Å². The molecular formula is C16H11BrN2O. The van der Waals surface area contributed by atoms with Gasteiger partial charge in [0.2, 0.25) is 0 Å². The van der Waals surface area contributed by atoms with E-state index in [1.54, 1.807) is 12.1 Å². The largest absolute Gasteiger partial charge is 0.306 e. The van der Waals surface area contributed by atoms with Gasteiger partial charge in [0, 0.05) is 4.47 Å². The van der Waals surface area contributed by atoms with E-state index in [2.05, 4.69) is 25.9 Å². The Morgan fingerprint density at radius 3 is 2.55 bits per heavy atom. The smallest absolute Gasteiger partial charge is 0.259 e. The number of rotatable bonds is 2. The van der Waals surface area contributed by atoms with Crippen molar-refractivity contribution in [2.24, 2.45) is 0 Å². The molecule has 0 radical (unpaired) electrons. The summed E-state index contributed by atoms with van der Waals surface area (Å²) in [5, 5.41) is 0.605. The van der Waals surface area contributed by atoms with Crippen LogP contribution in [0.4, 0.5) is 0 Å². The standard InChI is InChI=1S/C16H11BrN2O/c17-12-8-5-11(6-9-12)7-10-15-18-14-4-2-1-3-13(14)16(20)19-15/h1-10H,(H,18,19,20). The van der Waals surface area contributed by atoms with Crippen LogP contribution in [0.1, 0.15) is 11.4 Å². The molecule has 0 aliphatic carbocycles. The number of hydrogen-bond acceptors (Lipinski definition) is 2. The van der Waals surface area contributed by atoms with Crippen LogP contribution in [0.2, 0.25) is 0 Å². The molecule has 0 saturated heterocycles. The first-order valence-corrected chi connectivity index (χ1v) is 6.94. The Labute approximate surface area is 124 Å². The fourth-order valence-corrected chi connectivity index (χ4v) is 2.20. The van der Waals surface area contributed by atoms with Gasteiger partial charge >= 0.3 is 0 Å². The number of benzene rings is 2. The lowest BCUT2D eigenvalue weighted by Gasteiger charge is -1.98. The van der Waals surface area contributed by atoms with E-state index in [1.165, 1.54) is 0 Å². The van der Waals surface area contributed by atoms with Crippen molar-refractivity contribution in [2.75, 3.05) is 0 Å². The third kappa shape index (κ3) is 2.70. The van der Waals surface area contributed by atoms with Gasteiger partial charge in [0.05, 0.1) is 10.9 Å². The lowest BCUT2D eigenvalue weighted by Crippen LogP contribution is -2.09. The highest BCUT2D eigenvalue weighted by atomic mass is 79.9. The molecule has 0 bridgehead atoms. The molecule has 1 aromatic heterocycles. The molecule has 4 heteroatoms. The molecule has 3 rings (SSSR count). The Bertz CT molecular complexity index is 835. The van der Waals surface area contributed by atoms with Crippen LogP contribution in [0.15, 0.2) is 57.8 Å². The summed E-state index contributed by atoms with van der Waals surface area (Å²) < 4.78 is 1.03. The first-order chi connectivity index (χ1) is 9.72. The van der Waals surface area contributed by atoms with Gasteiger partial charge in [-0.15, -0.1) is 0 Å². The van der Waals surface area contributed by atoms with Crippen molar-refractivity contribution in [3.63, 3.8) is 0 Å². The minimum Gasteiger partial charge on any atom is -0.306 e. The Hall–Kier alpha value is -2.20. The van der Waals surface area contributed by atoms with Crippen molar-refractivity contribution in [2.45, 2.75) is 0 Å². The minimum atomic E-state index is -0.119. The highest BCUT2D eigenvalue weighted by molar-refractivity contribution is 9.10. The lowest BCUT2D eigenvalue weighted by atomic mass is 10.2. The number of para-hydroxylation sites is 1. The van der Waals surface area contributed by atoms with Crippen molar-refractivity contribution in [3.8, 4) is 0 Å². The van der Waals surface area contributed by atoms with Gasteiger partial charge in [-0.1, -0.05) is 46.3 Å². The molecule has 0 amide bonds. The number of hydrogen-bond donors (Lipinski definition) is 1. The molecular weight excluding hydrogens is 316 g/mol. The van der Waals surface area contributed by atoms with Crippen LogP contribution >= 0.6 is 15.9 Å². The molecule has 0 fully saturated rings. The van der Waals surface area contributed by atoms with E-state index < -0.39 is 0 Å². The van der Waals surface area contributed by atoms with Crippen LogP contribution < -0.4 is 5.56 Å². The third-order valence-corrected chi connectivity index (χ3v) is 3.46. The summed E-state index contributed by atoms with van der Waals surface area (Å²) in [7, 11) is 0. The molecule has 3 aromatic rings. The topological polar surface area (TPSA) is 45.8 Å². The van der Waals surface area contributed by atoms with Gasteiger partial charge in [-0.25, -0.2) is 4.98 Å². The van der Waals surface area contributed by atoms with Gasteiger partial charge in [0.15, 0.2) is 0 Å². The fourth-order valence-electron chi connectivity index (χ4n) is 1.93. The molecule has 98 valence electrons. The number of halogens is 1. The maximum absolute atomic E-state index is 11.9. The van der Waals surface area contributed by atoms with E-state index in [0.29, 0.717) is 16.7 Å². The summed E-state index contributed by atoms with van der Waals surface area (Å²) in [4.78, 5) is 19.1. The number of fused-ring (bicyclic) bond motifs is 1. The molecule has 0 saturated carbocycles. The third-order valence-electron chi connectivity index (χ3n) is 2.93. The normalized spacial score (nSPS) is 11.2. The molecule has 0 aliphatic heterocycles. The monoisotopic (exact) mass is 326 g/mol. The van der Waals surface area contributed by atoms with E-state index in [-0.39, 0.29) is 5.56 Å². The summed E-state index contributed by atoms with van der Waals surface area (Å²) in [6.45, 7) is 0. The summed E-state index contributed by atoms with van der Waals surface area (Å²) in [6, 6.07) is 15.2. The van der Waals surface area contributed by atoms with Crippen molar-refractivity contribution >= 4 is 39.0 Å². The molecule has 2 aromatic carbocycles. The molecule has 1 N–H and O–H groups in total. The Balaban J connectivity index is 1.98. The van der Waals surface area contributed by atoms with E-state index in [9.17, 15) is 4.79 Å². The number of aromatic nitrogens is 2. The molecule has 20 heavy (non-hydrogen) atoms. The molecule has 0 atom stereocenters. The maximum Gasteiger partial charge on any atom is 0.259 e. The fraction of sp³-hybridized carbons (Fsp3) is 0. The van der Waals surface area contributed by atoms with Crippen molar-refractivity contribution in [1.82, 2.24) is 9.97 Å². The Morgan fingerprint density at radius 2 is 1.75 bits per heavy atom. The average molecular weight is 327 g/mol. The quantitative estimate of drug-likeness (QED) is 0.777. The maximum atomic E-state index is 11.9. The number of aromatic amines is 1. The Morgan fingerprint density at radius 1 is 1.00 bits per heavy atom. The van der Waals surface area contributed by atoms with Crippen LogP contribution in [0.5, 0.6) is 0 Å². The van der Waals surface area contributed by atoms with Gasteiger partial charge in [-0.05, 0) is 35.9 Å². The van der Waals surface area contributed by atoms with Gasteiger partial charge in [0.25, 0.3) is 5.56 Å². The van der Waals surface area contributed by atoms with E-state index in [1.807, 2.05) is 48.5 Å². The predicted octanol–water partition coefficient (Wildman–Crippen LogP) is 3.86. The highest BCUT2D eigenvalue weighted by Crippen LogP contribution is 2.13. The van der Waals surface area contributed by atoms with E-state index in [4.69, 9.17) is 0 Å². The number of nitrogens with zero attached hydrogens (tertiary/aromatic N) is 1. The van der Waals surface area contributed by atoms with Crippen LogP contribution in [0, 0.1) is 0 Å². The van der Waals surface area contributed by atoms with Crippen molar-refractivity contribution in [1.29, 1.82) is 0 Å². The second-order valence-corrected chi connectivity index (χ2v) is 5.27. The molecule has 3 nitrogen and oxygen atoms in total. The first-order valence-electron chi connectivity index (χ1n) is 6.15. The molecule has 0 unspecified atom stereocenters. The van der Waals surface area contributed by atoms with Gasteiger partial charge in [0.1, 0.15) is 5.82 Å². The number of H-pyrrole nitrogens is 1. The van der Waals surface area contributed by atoms with Crippen molar-refractivity contribution < 1.29 is 0 Å². The minimum absolute atomic E-state index is 0.119. The summed E-state index contributed by atoms with van der Waals surface area (Å²) in [5.74, 6) is 0.552. The van der Waals surface area contributed by atoms with Crippen LogP contribution in [-0.2, 0) is 0 Å². The summed E-state index contributed by atoms with van der Waals surface area (Å²) >= 11 is 3.39. The molecule has 1 heterocycles. The van der Waals surface area contributed by atoms with Crippen molar-refractivity contribution in [3.05, 3.63) is 74.7 Å². The zero-order valence-electron chi connectivity index (χ0n) is 10.5. The SMILES string of the molecule is O=c1[nH]c(C=Cc2ccc(Br)cc2)nc2ccccc12. The van der Waals surface area contributed by atoms with E-state index in [0.717, 1.165) is 10.0 Å². The first kappa shape index (κ1) is 12.8. The van der Waals surface area contributed by atoms with Crippen LogP contribution in [0.3, 0.4) is 0 Å². The van der Waals surface area contributed by atoms with Crippen LogP contribution in [-0.4, -0.2) is 9.97 Å². The predicted molar refractivity (Wildman–Crippen MR) is 85.4 cm³/mol. The average Bonchev–Trinajstić information content (AvgIpc) is 2.47. The Kier molecular flexibility index (Phi) is 3.48. The van der Waals surface area contributed by atoms with Crippen LogP contribution in [0.25, 0.3) is 23.1 Å². The highest BCUT2D eigenvalue weighted by Gasteiger charge is 2.00. The van der Waals surface area contributed by atoms with E-state index >= 15 is 0 Å². The molecule has 0 spiro atoms. The zero-order chi connectivity index (χ0) is 13.9. The second kappa shape index (κ2) is 5.43. The van der Waals surface area contributed by atoms with Gasteiger partial charge < -0.3 is 4.98 Å². The summed E-state index contributed by atoms with van der Waals surface area (Å²) in [5.41, 5.74) is 1.63. The zero-order valence-corrected chi connectivity index (χ0v) is 12.1. The second-order valence-electron chi connectivity index (χ2n) is 4.35. The van der Waals surface area contributed by atoms with Gasteiger partial charge in [-0.2, -0.15) is 0 Å². The number of nitrogens with one attached hydrogen (secondary N) is 1.